The molecule has 2 aliphatic rings. The molecule has 2 N–H and O–H groups in total. The highest BCUT2D eigenvalue weighted by molar-refractivity contribution is 14.0. The summed E-state index contributed by atoms with van der Waals surface area (Å²) >= 11 is 0. The summed E-state index contributed by atoms with van der Waals surface area (Å²) in [5, 5.41) is 4.95. The van der Waals surface area contributed by atoms with Crippen LogP contribution in [0.15, 0.2) is 35.5 Å². The van der Waals surface area contributed by atoms with E-state index in [0.29, 0.717) is 5.41 Å². The average molecular weight is 466 g/mol. The van der Waals surface area contributed by atoms with Crippen LogP contribution >= 0.6 is 24.0 Å². The van der Waals surface area contributed by atoms with Crippen molar-refractivity contribution in [2.75, 3.05) is 26.7 Å². The Morgan fingerprint density at radius 3 is 2.85 bits per heavy atom. The van der Waals surface area contributed by atoms with Crippen LogP contribution in [0, 0.1) is 5.41 Å². The second kappa shape index (κ2) is 8.63. The molecule has 1 aromatic carbocycles. The van der Waals surface area contributed by atoms with E-state index in [0.717, 1.165) is 25.3 Å². The van der Waals surface area contributed by atoms with Gasteiger partial charge in [0.1, 0.15) is 0 Å². The van der Waals surface area contributed by atoms with Crippen molar-refractivity contribution >= 4 is 40.8 Å². The van der Waals surface area contributed by atoms with Gasteiger partial charge in [0.15, 0.2) is 5.96 Å². The lowest BCUT2D eigenvalue weighted by atomic mass is 9.86. The van der Waals surface area contributed by atoms with Crippen molar-refractivity contribution in [1.29, 1.82) is 0 Å². The summed E-state index contributed by atoms with van der Waals surface area (Å²) in [5.41, 5.74) is 3.25. The third-order valence-corrected chi connectivity index (χ3v) is 6.19. The molecule has 4 nitrogen and oxygen atoms in total. The summed E-state index contributed by atoms with van der Waals surface area (Å²) in [4.78, 5) is 10.4. The Hall–Kier alpha value is -1.24. The molecular weight excluding hydrogens is 435 g/mol. The predicted octanol–water partition coefficient (Wildman–Crippen LogP) is 4.56. The van der Waals surface area contributed by atoms with E-state index < -0.39 is 0 Å². The first kappa shape index (κ1) is 19.5. The average Bonchev–Trinajstić information content (AvgIpc) is 3.37. The largest absolute Gasteiger partial charge is 0.361 e. The molecule has 1 spiro atoms. The smallest absolute Gasteiger partial charge is 0.193 e. The van der Waals surface area contributed by atoms with Crippen LogP contribution < -0.4 is 5.32 Å². The zero-order valence-electron chi connectivity index (χ0n) is 15.8. The Balaban J connectivity index is 0.00000196. The molecule has 1 aromatic heterocycles. The lowest BCUT2D eigenvalue weighted by molar-refractivity contribution is 0.309. The van der Waals surface area contributed by atoms with Crippen LogP contribution in [0.1, 0.15) is 44.1 Å². The second-order valence-electron chi connectivity index (χ2n) is 7.82. The number of hydrogen-bond acceptors (Lipinski definition) is 1. The van der Waals surface area contributed by atoms with Crippen molar-refractivity contribution in [3.8, 4) is 0 Å². The van der Waals surface area contributed by atoms with Gasteiger partial charge in [0.25, 0.3) is 0 Å². The molecule has 1 aliphatic carbocycles. The van der Waals surface area contributed by atoms with Gasteiger partial charge in [0, 0.05) is 43.8 Å². The standard InChI is InChI=1S/C21H30N4.HI/c1-22-20(25-14-12-21(16-25)10-4-5-11-21)23-13-6-7-17-15-24-19-9-3-2-8-18(17)19;/h2-3,8-9,15,24H,4-7,10-14,16H2,1H3,(H,22,23);1H. The molecular formula is C21H31IN4. The Morgan fingerprint density at radius 1 is 1.23 bits per heavy atom. The third-order valence-electron chi connectivity index (χ3n) is 6.19. The number of aromatic nitrogens is 1. The van der Waals surface area contributed by atoms with Crippen LogP contribution in [-0.2, 0) is 6.42 Å². The Morgan fingerprint density at radius 2 is 2.04 bits per heavy atom. The number of aliphatic imine (C=N–C) groups is 1. The molecule has 0 atom stereocenters. The van der Waals surface area contributed by atoms with Crippen LogP contribution in [0.3, 0.4) is 0 Å². The van der Waals surface area contributed by atoms with Gasteiger partial charge in [-0.2, -0.15) is 0 Å². The highest BCUT2D eigenvalue weighted by Gasteiger charge is 2.40. The topological polar surface area (TPSA) is 43.4 Å². The van der Waals surface area contributed by atoms with E-state index in [1.165, 1.54) is 61.7 Å². The first-order valence-corrected chi connectivity index (χ1v) is 9.80. The van der Waals surface area contributed by atoms with Crippen molar-refractivity contribution in [2.24, 2.45) is 10.4 Å². The summed E-state index contributed by atoms with van der Waals surface area (Å²) in [6, 6.07) is 8.55. The summed E-state index contributed by atoms with van der Waals surface area (Å²) in [6.45, 7) is 3.35. The number of aromatic amines is 1. The first-order valence-electron chi connectivity index (χ1n) is 9.80. The van der Waals surface area contributed by atoms with Gasteiger partial charge in [0.05, 0.1) is 0 Å². The summed E-state index contributed by atoms with van der Waals surface area (Å²) in [5.74, 6) is 1.10. The maximum atomic E-state index is 4.53. The minimum absolute atomic E-state index is 0. The maximum absolute atomic E-state index is 4.53. The van der Waals surface area contributed by atoms with Gasteiger partial charge < -0.3 is 15.2 Å². The number of guanidine groups is 1. The molecule has 0 unspecified atom stereocenters. The second-order valence-corrected chi connectivity index (χ2v) is 7.82. The summed E-state index contributed by atoms with van der Waals surface area (Å²) in [6.07, 6.45) is 11.4. The van der Waals surface area contributed by atoms with Crippen LogP contribution in [-0.4, -0.2) is 42.5 Å². The fourth-order valence-corrected chi connectivity index (χ4v) is 4.80. The van der Waals surface area contributed by atoms with Gasteiger partial charge in [-0.1, -0.05) is 31.0 Å². The van der Waals surface area contributed by atoms with Gasteiger partial charge in [-0.3, -0.25) is 4.99 Å². The van der Waals surface area contributed by atoms with Gasteiger partial charge in [-0.15, -0.1) is 24.0 Å². The fourth-order valence-electron chi connectivity index (χ4n) is 4.80. The van der Waals surface area contributed by atoms with Crippen LogP contribution in [0.2, 0.25) is 0 Å². The molecule has 1 saturated heterocycles. The number of benzene rings is 1. The number of nitrogens with one attached hydrogen (secondary N) is 2. The van der Waals surface area contributed by atoms with E-state index in [1.54, 1.807) is 0 Å². The number of halogens is 1. The van der Waals surface area contributed by atoms with Crippen molar-refractivity contribution in [1.82, 2.24) is 15.2 Å². The minimum Gasteiger partial charge on any atom is -0.361 e. The molecule has 4 rings (SSSR count). The highest BCUT2D eigenvalue weighted by Crippen LogP contribution is 2.45. The van der Waals surface area contributed by atoms with Crippen molar-refractivity contribution in [2.45, 2.75) is 44.9 Å². The minimum atomic E-state index is 0. The van der Waals surface area contributed by atoms with Crippen molar-refractivity contribution in [3.63, 3.8) is 0 Å². The van der Waals surface area contributed by atoms with Crippen LogP contribution in [0.5, 0.6) is 0 Å². The first-order chi connectivity index (χ1) is 12.3. The molecule has 142 valence electrons. The van der Waals surface area contributed by atoms with Crippen molar-refractivity contribution in [3.05, 3.63) is 36.0 Å². The number of rotatable bonds is 4. The number of hydrogen-bond donors (Lipinski definition) is 2. The van der Waals surface area contributed by atoms with Crippen LogP contribution in [0.25, 0.3) is 10.9 Å². The highest BCUT2D eigenvalue weighted by atomic mass is 127. The molecule has 0 radical (unpaired) electrons. The Labute approximate surface area is 173 Å². The maximum Gasteiger partial charge on any atom is 0.193 e. The number of H-pyrrole nitrogens is 1. The van der Waals surface area contributed by atoms with Gasteiger partial charge >= 0.3 is 0 Å². The fraction of sp³-hybridized carbons (Fsp3) is 0.571. The molecule has 0 amide bonds. The number of para-hydroxylation sites is 1. The number of nitrogens with zero attached hydrogens (tertiary/aromatic N) is 2. The van der Waals surface area contributed by atoms with E-state index in [1.807, 2.05) is 7.05 Å². The summed E-state index contributed by atoms with van der Waals surface area (Å²) in [7, 11) is 1.92. The molecule has 26 heavy (non-hydrogen) atoms. The van der Waals surface area contributed by atoms with Gasteiger partial charge in [-0.25, -0.2) is 0 Å². The molecule has 5 heteroatoms. The zero-order valence-corrected chi connectivity index (χ0v) is 18.1. The van der Waals surface area contributed by atoms with Crippen molar-refractivity contribution < 1.29 is 0 Å². The number of likely N-dealkylation sites (tertiary alicyclic amines) is 1. The number of aryl methyl sites for hydroxylation is 1. The van der Waals surface area contributed by atoms with E-state index in [-0.39, 0.29) is 24.0 Å². The molecule has 2 heterocycles. The Kier molecular flexibility index (Phi) is 6.48. The van der Waals surface area contributed by atoms with E-state index in [4.69, 9.17) is 0 Å². The molecule has 2 fully saturated rings. The molecule has 1 saturated carbocycles. The summed E-state index contributed by atoms with van der Waals surface area (Å²) < 4.78 is 0. The van der Waals surface area contributed by atoms with Gasteiger partial charge in [0.2, 0.25) is 0 Å². The third kappa shape index (κ3) is 4.02. The molecule has 0 bridgehead atoms. The van der Waals surface area contributed by atoms with Gasteiger partial charge in [-0.05, 0) is 49.1 Å². The molecule has 2 aromatic rings. The van der Waals surface area contributed by atoms with E-state index in [9.17, 15) is 0 Å². The number of fused-ring (bicyclic) bond motifs is 1. The van der Waals surface area contributed by atoms with E-state index >= 15 is 0 Å². The lowest BCUT2D eigenvalue weighted by Gasteiger charge is -2.25. The quantitative estimate of drug-likeness (QED) is 0.300. The predicted molar refractivity (Wildman–Crippen MR) is 120 cm³/mol. The Bertz CT molecular complexity index is 745. The normalized spacial score (nSPS) is 19.3. The zero-order chi connectivity index (χ0) is 17.1. The van der Waals surface area contributed by atoms with E-state index in [2.05, 4.69) is 50.7 Å². The van der Waals surface area contributed by atoms with Crippen LogP contribution in [0.4, 0.5) is 0 Å². The monoisotopic (exact) mass is 466 g/mol. The SMILES string of the molecule is CN=C(NCCCc1c[nH]c2ccccc12)N1CCC2(CCCC2)C1.I. The molecule has 1 aliphatic heterocycles. The lowest BCUT2D eigenvalue weighted by Crippen LogP contribution is -2.41.